The molecule has 1 atom stereocenters. The lowest BCUT2D eigenvalue weighted by molar-refractivity contribution is -0.123. The molecule has 2 aromatic rings. The highest BCUT2D eigenvalue weighted by Gasteiger charge is 2.29. The van der Waals surface area contributed by atoms with E-state index >= 15 is 0 Å². The van der Waals surface area contributed by atoms with Crippen LogP contribution in [0, 0.1) is 0 Å². The minimum absolute atomic E-state index is 0.264. The largest absolute Gasteiger partial charge is 0.462 e. The number of benzene rings is 1. The monoisotopic (exact) mass is 443 g/mol. The van der Waals surface area contributed by atoms with Crippen LogP contribution in [0.4, 0.5) is 5.00 Å². The number of hydrogen-bond acceptors (Lipinski definition) is 6. The van der Waals surface area contributed by atoms with Crippen LogP contribution in [-0.2, 0) is 27.1 Å². The van der Waals surface area contributed by atoms with Gasteiger partial charge in [0.1, 0.15) is 5.00 Å². The first-order chi connectivity index (χ1) is 14.8. The number of esters is 2. The molecule has 31 heavy (non-hydrogen) atoms. The Balaban J connectivity index is 1.71. The SMILES string of the molecule is CCOC(=O)c1c(NC(=O)C(C)OC(=O)c2ccc(C(C)C)cc2)sc2c1CCCC2. The summed E-state index contributed by atoms with van der Waals surface area (Å²) in [7, 11) is 0. The van der Waals surface area contributed by atoms with E-state index in [1.54, 1.807) is 19.1 Å². The number of hydrogen-bond donors (Lipinski definition) is 1. The molecule has 1 N–H and O–H groups in total. The number of carbonyl (C=O) groups is 3. The third-order valence-corrected chi connectivity index (χ3v) is 6.56. The molecule has 1 aromatic carbocycles. The van der Waals surface area contributed by atoms with Gasteiger partial charge < -0.3 is 14.8 Å². The van der Waals surface area contributed by atoms with Crippen molar-refractivity contribution in [2.24, 2.45) is 0 Å². The van der Waals surface area contributed by atoms with Crippen molar-refractivity contribution >= 4 is 34.2 Å². The standard InChI is InChI=1S/C24H29NO5S/c1-5-29-24(28)20-18-8-6-7-9-19(18)31-22(20)25-21(26)15(4)30-23(27)17-12-10-16(11-13-17)14(2)3/h10-15H,5-9H2,1-4H3,(H,25,26). The Hall–Kier alpha value is -2.67. The van der Waals surface area contributed by atoms with E-state index < -0.39 is 23.9 Å². The first-order valence-corrected chi connectivity index (χ1v) is 11.6. The number of anilines is 1. The minimum atomic E-state index is -1.01. The quantitative estimate of drug-likeness (QED) is 0.601. The smallest absolute Gasteiger partial charge is 0.341 e. The van der Waals surface area contributed by atoms with Gasteiger partial charge >= 0.3 is 11.9 Å². The van der Waals surface area contributed by atoms with E-state index in [4.69, 9.17) is 9.47 Å². The Morgan fingerprint density at radius 3 is 2.35 bits per heavy atom. The second-order valence-corrected chi connectivity index (χ2v) is 9.05. The highest BCUT2D eigenvalue weighted by Crippen LogP contribution is 2.38. The zero-order valence-corrected chi connectivity index (χ0v) is 19.3. The zero-order valence-electron chi connectivity index (χ0n) is 18.4. The Kier molecular flexibility index (Phi) is 7.49. The van der Waals surface area contributed by atoms with Crippen molar-refractivity contribution in [3.63, 3.8) is 0 Å². The molecular weight excluding hydrogens is 414 g/mol. The fourth-order valence-electron chi connectivity index (χ4n) is 3.57. The maximum atomic E-state index is 12.7. The van der Waals surface area contributed by atoms with Crippen molar-refractivity contribution in [3.8, 4) is 0 Å². The summed E-state index contributed by atoms with van der Waals surface area (Å²) < 4.78 is 10.6. The summed E-state index contributed by atoms with van der Waals surface area (Å²) in [5, 5.41) is 3.26. The number of carbonyl (C=O) groups excluding carboxylic acids is 3. The van der Waals surface area contributed by atoms with Gasteiger partial charge in [0, 0.05) is 4.88 Å². The van der Waals surface area contributed by atoms with Crippen LogP contribution in [-0.4, -0.2) is 30.6 Å². The van der Waals surface area contributed by atoms with Crippen molar-refractivity contribution < 1.29 is 23.9 Å². The number of amides is 1. The van der Waals surface area contributed by atoms with Crippen molar-refractivity contribution in [1.82, 2.24) is 0 Å². The molecular formula is C24H29NO5S. The molecule has 3 rings (SSSR count). The van der Waals surface area contributed by atoms with Crippen LogP contribution in [0.15, 0.2) is 24.3 Å². The van der Waals surface area contributed by atoms with Gasteiger partial charge in [-0.25, -0.2) is 9.59 Å². The molecule has 0 saturated carbocycles. The number of thiophene rings is 1. The molecule has 0 bridgehead atoms. The maximum Gasteiger partial charge on any atom is 0.341 e. The normalized spacial score (nSPS) is 14.0. The first kappa shape index (κ1) is 23.0. The fraction of sp³-hybridized carbons (Fsp3) is 0.458. The summed E-state index contributed by atoms with van der Waals surface area (Å²) in [5.74, 6) is -1.10. The zero-order chi connectivity index (χ0) is 22.5. The highest BCUT2D eigenvalue weighted by molar-refractivity contribution is 7.17. The molecule has 0 spiro atoms. The van der Waals surface area contributed by atoms with Crippen LogP contribution in [0.3, 0.4) is 0 Å². The average molecular weight is 444 g/mol. The molecule has 166 valence electrons. The third-order valence-electron chi connectivity index (χ3n) is 5.35. The van der Waals surface area contributed by atoms with Crippen LogP contribution >= 0.6 is 11.3 Å². The first-order valence-electron chi connectivity index (χ1n) is 10.7. The van der Waals surface area contributed by atoms with Crippen LogP contribution in [0.5, 0.6) is 0 Å². The number of aryl methyl sites for hydroxylation is 1. The lowest BCUT2D eigenvalue weighted by atomic mass is 9.95. The van der Waals surface area contributed by atoms with Gasteiger partial charge in [0.25, 0.3) is 5.91 Å². The molecule has 6 nitrogen and oxygen atoms in total. The minimum Gasteiger partial charge on any atom is -0.462 e. The topological polar surface area (TPSA) is 81.7 Å². The summed E-state index contributed by atoms with van der Waals surface area (Å²) in [6, 6.07) is 7.17. The van der Waals surface area contributed by atoms with E-state index in [2.05, 4.69) is 19.2 Å². The van der Waals surface area contributed by atoms with E-state index in [0.29, 0.717) is 22.0 Å². The summed E-state index contributed by atoms with van der Waals surface area (Å²) in [4.78, 5) is 38.8. The fourth-order valence-corrected chi connectivity index (χ4v) is 4.85. The molecule has 0 aliphatic heterocycles. The predicted octanol–water partition coefficient (Wildman–Crippen LogP) is 5.11. The van der Waals surface area contributed by atoms with Crippen LogP contribution < -0.4 is 5.32 Å². The van der Waals surface area contributed by atoms with Crippen molar-refractivity contribution in [2.75, 3.05) is 11.9 Å². The number of ether oxygens (including phenoxy) is 2. The Bertz CT molecular complexity index is 961. The molecule has 1 aromatic heterocycles. The van der Waals surface area contributed by atoms with E-state index in [9.17, 15) is 14.4 Å². The number of rotatable bonds is 7. The molecule has 0 radical (unpaired) electrons. The summed E-state index contributed by atoms with van der Waals surface area (Å²) >= 11 is 1.41. The van der Waals surface area contributed by atoms with E-state index in [1.807, 2.05) is 12.1 Å². The molecule has 0 fully saturated rings. The lowest BCUT2D eigenvalue weighted by Gasteiger charge is -2.14. The van der Waals surface area contributed by atoms with Crippen molar-refractivity contribution in [1.29, 1.82) is 0 Å². The van der Waals surface area contributed by atoms with Gasteiger partial charge in [-0.05, 0) is 68.7 Å². The van der Waals surface area contributed by atoms with Crippen LogP contribution in [0.25, 0.3) is 0 Å². The predicted molar refractivity (Wildman–Crippen MR) is 121 cm³/mol. The molecule has 7 heteroatoms. The molecule has 1 aliphatic carbocycles. The Morgan fingerprint density at radius 1 is 1.03 bits per heavy atom. The average Bonchev–Trinajstić information content (AvgIpc) is 3.11. The lowest BCUT2D eigenvalue weighted by Crippen LogP contribution is -2.30. The Labute approximate surface area is 186 Å². The molecule has 1 aliphatic rings. The summed E-state index contributed by atoms with van der Waals surface area (Å²) in [6.45, 7) is 7.69. The Morgan fingerprint density at radius 2 is 1.71 bits per heavy atom. The van der Waals surface area contributed by atoms with Crippen LogP contribution in [0.2, 0.25) is 0 Å². The van der Waals surface area contributed by atoms with E-state index in [0.717, 1.165) is 41.7 Å². The number of fused-ring (bicyclic) bond motifs is 1. The molecule has 1 amide bonds. The summed E-state index contributed by atoms with van der Waals surface area (Å²) in [6.07, 6.45) is 2.75. The molecule has 1 heterocycles. The van der Waals surface area contributed by atoms with Gasteiger partial charge in [-0.3, -0.25) is 4.79 Å². The van der Waals surface area contributed by atoms with Gasteiger partial charge in [0.15, 0.2) is 6.10 Å². The van der Waals surface area contributed by atoms with Crippen molar-refractivity contribution in [3.05, 3.63) is 51.4 Å². The van der Waals surface area contributed by atoms with Gasteiger partial charge in [-0.1, -0.05) is 26.0 Å². The molecule has 1 unspecified atom stereocenters. The summed E-state index contributed by atoms with van der Waals surface area (Å²) in [5.41, 5.74) is 2.93. The van der Waals surface area contributed by atoms with E-state index in [1.165, 1.54) is 18.3 Å². The maximum absolute atomic E-state index is 12.7. The second-order valence-electron chi connectivity index (χ2n) is 7.95. The van der Waals surface area contributed by atoms with Gasteiger partial charge in [0.2, 0.25) is 0 Å². The van der Waals surface area contributed by atoms with Gasteiger partial charge in [-0.15, -0.1) is 11.3 Å². The van der Waals surface area contributed by atoms with Crippen molar-refractivity contribution in [2.45, 2.75) is 65.4 Å². The third kappa shape index (κ3) is 5.34. The van der Waals surface area contributed by atoms with Gasteiger partial charge in [-0.2, -0.15) is 0 Å². The van der Waals surface area contributed by atoms with E-state index in [-0.39, 0.29) is 6.61 Å². The molecule has 0 saturated heterocycles. The van der Waals surface area contributed by atoms with Gasteiger partial charge in [0.05, 0.1) is 17.7 Å². The van der Waals surface area contributed by atoms with Crippen LogP contribution in [0.1, 0.15) is 83.2 Å². The number of nitrogens with one attached hydrogen (secondary N) is 1. The second kappa shape index (κ2) is 10.1. The highest BCUT2D eigenvalue weighted by atomic mass is 32.1.